The molecular formula is C18H17Cl2F3N2O5S. The molecule has 0 unspecified atom stereocenters. The van der Waals surface area contributed by atoms with Gasteiger partial charge >= 0.3 is 21.6 Å². The van der Waals surface area contributed by atoms with Gasteiger partial charge in [0, 0.05) is 11.6 Å². The van der Waals surface area contributed by atoms with Crippen LogP contribution in [0.5, 0.6) is 0 Å². The molecule has 4 N–H and O–H groups in total. The van der Waals surface area contributed by atoms with E-state index in [1.807, 2.05) is 0 Å². The maximum absolute atomic E-state index is 12.6. The normalized spacial score (nSPS) is 14.0. The van der Waals surface area contributed by atoms with Crippen molar-refractivity contribution in [1.29, 1.82) is 0 Å². The molecule has 0 heterocycles. The van der Waals surface area contributed by atoms with E-state index >= 15 is 0 Å². The molecule has 2 rings (SSSR count). The van der Waals surface area contributed by atoms with Gasteiger partial charge in [0.2, 0.25) is 0 Å². The number of carbonyl (C=O) groups is 1. The molecule has 1 amide bonds. The van der Waals surface area contributed by atoms with Gasteiger partial charge in [0.25, 0.3) is 0 Å². The molecule has 0 bridgehead atoms. The van der Waals surface area contributed by atoms with Gasteiger partial charge in [0.15, 0.2) is 0 Å². The monoisotopic (exact) mass is 500 g/mol. The number of aliphatic hydroxyl groups is 1. The molecule has 0 saturated heterocycles. The Bertz CT molecular complexity index is 1050. The fraction of sp³-hybridized carbons (Fsp3) is 0.278. The van der Waals surface area contributed by atoms with Gasteiger partial charge < -0.3 is 15.6 Å². The van der Waals surface area contributed by atoms with Crippen molar-refractivity contribution in [3.63, 3.8) is 0 Å². The van der Waals surface area contributed by atoms with Crippen molar-refractivity contribution in [2.24, 2.45) is 5.73 Å². The third-order valence-electron chi connectivity index (χ3n) is 4.21. The van der Waals surface area contributed by atoms with Crippen molar-refractivity contribution < 1.29 is 36.2 Å². The van der Waals surface area contributed by atoms with Crippen molar-refractivity contribution in [3.05, 3.63) is 63.6 Å². The Morgan fingerprint density at radius 1 is 1.13 bits per heavy atom. The van der Waals surface area contributed by atoms with E-state index in [1.54, 1.807) is 6.07 Å². The van der Waals surface area contributed by atoms with Crippen molar-refractivity contribution in [2.45, 2.75) is 24.0 Å². The minimum atomic E-state index is -5.63. The maximum Gasteiger partial charge on any atom is 0.516 e. The average molecular weight is 501 g/mol. The van der Waals surface area contributed by atoms with Crippen LogP contribution in [0.15, 0.2) is 42.5 Å². The average Bonchev–Trinajstić information content (AvgIpc) is 2.66. The van der Waals surface area contributed by atoms with Crippen LogP contribution in [0.2, 0.25) is 10.0 Å². The predicted octanol–water partition coefficient (Wildman–Crippen LogP) is 4.56. The van der Waals surface area contributed by atoms with E-state index in [1.165, 1.54) is 29.0 Å². The van der Waals surface area contributed by atoms with E-state index in [9.17, 15) is 31.5 Å². The summed E-state index contributed by atoms with van der Waals surface area (Å²) in [6.07, 6.45) is -2.28. The van der Waals surface area contributed by atoms with Crippen molar-refractivity contribution in [2.75, 3.05) is 11.3 Å². The number of benzene rings is 2. The number of nitrogens with one attached hydrogen (secondary N) is 1. The molecule has 0 aromatic heterocycles. The molecule has 0 radical (unpaired) electrons. The number of sulfonamides is 1. The quantitative estimate of drug-likeness (QED) is 0.490. The number of halogens is 5. The molecule has 2 atom stereocenters. The van der Waals surface area contributed by atoms with Crippen LogP contribution in [0, 0.1) is 0 Å². The van der Waals surface area contributed by atoms with E-state index in [0.717, 1.165) is 12.1 Å². The highest BCUT2D eigenvalue weighted by atomic mass is 35.5. The van der Waals surface area contributed by atoms with Gasteiger partial charge in [-0.3, -0.25) is 4.72 Å². The maximum atomic E-state index is 12.6. The third-order valence-corrected chi connectivity index (χ3v) is 6.06. The van der Waals surface area contributed by atoms with Gasteiger partial charge in [-0.1, -0.05) is 41.4 Å². The summed E-state index contributed by atoms with van der Waals surface area (Å²) in [4.78, 5) is 10.9. The van der Waals surface area contributed by atoms with E-state index in [0.29, 0.717) is 5.56 Å². The van der Waals surface area contributed by atoms with E-state index < -0.39 is 39.3 Å². The molecule has 7 nitrogen and oxygen atoms in total. The van der Waals surface area contributed by atoms with E-state index in [4.69, 9.17) is 33.7 Å². The number of hydrogen-bond acceptors (Lipinski definition) is 5. The second kappa shape index (κ2) is 9.94. The van der Waals surface area contributed by atoms with E-state index in [2.05, 4.69) is 0 Å². The highest BCUT2D eigenvalue weighted by Gasteiger charge is 2.46. The van der Waals surface area contributed by atoms with Gasteiger partial charge in [0.1, 0.15) is 0 Å². The van der Waals surface area contributed by atoms with Crippen molar-refractivity contribution in [1.82, 2.24) is 0 Å². The molecule has 0 fully saturated rings. The van der Waals surface area contributed by atoms with Gasteiger partial charge in [-0.2, -0.15) is 21.6 Å². The van der Waals surface area contributed by atoms with Crippen LogP contribution in [-0.4, -0.2) is 31.7 Å². The minimum absolute atomic E-state index is 0.0700. The number of nitrogens with two attached hydrogens (primary N) is 1. The smallest absolute Gasteiger partial charge is 0.450 e. The number of aliphatic hydroxyl groups excluding tert-OH is 1. The van der Waals surface area contributed by atoms with Crippen LogP contribution in [-0.2, 0) is 14.8 Å². The predicted molar refractivity (Wildman–Crippen MR) is 109 cm³/mol. The Hall–Kier alpha value is -2.21. The molecule has 0 saturated carbocycles. The summed E-state index contributed by atoms with van der Waals surface area (Å²) in [5.41, 5.74) is -0.349. The molecular weight excluding hydrogens is 484 g/mol. The number of carbonyl (C=O) groups excluding carboxylic acids is 1. The van der Waals surface area contributed by atoms with Gasteiger partial charge in [-0.05, 0) is 41.8 Å². The Morgan fingerprint density at radius 2 is 1.81 bits per heavy atom. The Balaban J connectivity index is 2.36. The topological polar surface area (TPSA) is 119 Å². The lowest BCUT2D eigenvalue weighted by Gasteiger charge is -2.24. The Labute approximate surface area is 186 Å². The first-order valence-corrected chi connectivity index (χ1v) is 10.8. The van der Waals surface area contributed by atoms with Gasteiger partial charge in [-0.15, -0.1) is 0 Å². The first-order chi connectivity index (χ1) is 14.3. The number of alkyl halides is 3. The van der Waals surface area contributed by atoms with Crippen LogP contribution in [0.4, 0.5) is 23.7 Å². The second-order valence-electron chi connectivity index (χ2n) is 6.36. The lowest BCUT2D eigenvalue weighted by molar-refractivity contribution is -0.0429. The number of ether oxygens (including phenoxy) is 1. The summed E-state index contributed by atoms with van der Waals surface area (Å²) in [5, 5.41) is 11.3. The zero-order valence-electron chi connectivity index (χ0n) is 15.6. The summed E-state index contributed by atoms with van der Waals surface area (Å²) >= 11 is 11.9. The summed E-state index contributed by atoms with van der Waals surface area (Å²) < 4.78 is 66.7. The molecule has 0 spiro atoms. The van der Waals surface area contributed by atoms with Crippen LogP contribution >= 0.6 is 23.2 Å². The van der Waals surface area contributed by atoms with Gasteiger partial charge in [-0.25, -0.2) is 4.79 Å². The zero-order valence-corrected chi connectivity index (χ0v) is 17.9. The highest BCUT2D eigenvalue weighted by molar-refractivity contribution is 7.93. The summed E-state index contributed by atoms with van der Waals surface area (Å²) in [5.74, 6) is -0.747. The van der Waals surface area contributed by atoms with Crippen LogP contribution in [0.1, 0.15) is 29.6 Å². The molecule has 13 heteroatoms. The number of hydrogen-bond donors (Lipinski definition) is 3. The first kappa shape index (κ1) is 25.1. The SMILES string of the molecule is NC(=O)OCC[C@H](c1ccc(Cl)c(Cl)c1)[C@@H](O)c1cccc(NS(=O)(=O)C(F)(F)F)c1. The summed E-state index contributed by atoms with van der Waals surface area (Å²) in [7, 11) is -5.63. The molecule has 0 aliphatic rings. The van der Waals surface area contributed by atoms with Crippen LogP contribution < -0.4 is 10.5 Å². The van der Waals surface area contributed by atoms with Crippen LogP contribution in [0.25, 0.3) is 0 Å². The number of primary amides is 1. The Kier molecular flexibility index (Phi) is 8.04. The molecule has 31 heavy (non-hydrogen) atoms. The van der Waals surface area contributed by atoms with Gasteiger partial charge in [0.05, 0.1) is 22.8 Å². The molecule has 2 aromatic carbocycles. The minimum Gasteiger partial charge on any atom is -0.450 e. The number of rotatable bonds is 8. The largest absolute Gasteiger partial charge is 0.516 e. The lowest BCUT2D eigenvalue weighted by Crippen LogP contribution is -2.30. The van der Waals surface area contributed by atoms with Crippen LogP contribution in [0.3, 0.4) is 0 Å². The molecule has 0 aliphatic carbocycles. The lowest BCUT2D eigenvalue weighted by atomic mass is 9.86. The molecule has 0 aliphatic heterocycles. The fourth-order valence-corrected chi connectivity index (χ4v) is 3.63. The molecule has 170 valence electrons. The van der Waals surface area contributed by atoms with Crippen molar-refractivity contribution >= 4 is 45.0 Å². The molecule has 2 aromatic rings. The fourth-order valence-electron chi connectivity index (χ4n) is 2.77. The van der Waals surface area contributed by atoms with Crippen molar-refractivity contribution in [3.8, 4) is 0 Å². The summed E-state index contributed by atoms with van der Waals surface area (Å²) in [6.45, 7) is -0.169. The zero-order chi connectivity index (χ0) is 23.4. The summed E-state index contributed by atoms with van der Waals surface area (Å²) in [6, 6.07) is 9.38. The third kappa shape index (κ3) is 6.63. The number of amides is 1. The Morgan fingerprint density at radius 3 is 2.39 bits per heavy atom. The number of anilines is 1. The highest BCUT2D eigenvalue weighted by Crippen LogP contribution is 2.37. The standard InChI is InChI=1S/C18H17Cl2F3N2O5S/c19-14-5-4-10(9-15(14)20)13(6-7-30-17(24)27)16(26)11-2-1-3-12(8-11)25-31(28,29)18(21,22)23/h1-5,8-9,13,16,25-26H,6-7H2,(H2,24,27)/t13-,16+/m1/s1. The first-order valence-electron chi connectivity index (χ1n) is 8.56. The van der Waals surface area contributed by atoms with E-state index in [-0.39, 0.29) is 28.6 Å². The second-order valence-corrected chi connectivity index (χ2v) is 8.85.